The third-order valence-corrected chi connectivity index (χ3v) is 11.2. The van der Waals surface area contributed by atoms with Crippen LogP contribution >= 0.6 is 7.82 Å². The smallest absolute Gasteiger partial charge is 0.472 e. The van der Waals surface area contributed by atoms with Crippen LogP contribution in [0.5, 0.6) is 0 Å². The number of hydrogen-bond acceptors (Lipinski definition) is 8. The Morgan fingerprint density at radius 3 is 1.43 bits per heavy atom. The average molecular weight is 880 g/mol. The maximum atomic E-state index is 12.7. The molecule has 4 N–H and O–H groups in total. The molecular weight excluding hydrogens is 790 g/mol. The largest absolute Gasteiger partial charge is 0.480 e. The van der Waals surface area contributed by atoms with E-state index in [1.54, 1.807) is 0 Å². The summed E-state index contributed by atoms with van der Waals surface area (Å²) >= 11 is 0. The van der Waals surface area contributed by atoms with Gasteiger partial charge in [-0.2, -0.15) is 0 Å². The molecule has 0 aliphatic carbocycles. The van der Waals surface area contributed by atoms with Gasteiger partial charge in [0.2, 0.25) is 0 Å². The average Bonchev–Trinajstić information content (AvgIpc) is 3.24. The molecule has 354 valence electrons. The summed E-state index contributed by atoms with van der Waals surface area (Å²) in [5.74, 6) is -1.79. The number of carbonyl (C=O) groups is 2. The zero-order chi connectivity index (χ0) is 44.8. The topological polar surface area (TPSA) is 155 Å². The van der Waals surface area contributed by atoms with E-state index in [0.29, 0.717) is 13.0 Å². The number of ether oxygens (including phenoxy) is 2. The third kappa shape index (κ3) is 45.5. The number of carbonyl (C=O) groups excluding carboxylic acids is 1. The van der Waals surface area contributed by atoms with Crippen molar-refractivity contribution in [3.05, 3.63) is 60.8 Å². The van der Waals surface area contributed by atoms with E-state index in [1.807, 2.05) is 0 Å². The fraction of sp³-hybridized carbons (Fsp3) is 0.760. The van der Waals surface area contributed by atoms with E-state index >= 15 is 0 Å². The summed E-state index contributed by atoms with van der Waals surface area (Å²) in [7, 11) is -4.63. The molecule has 0 aromatic carbocycles. The van der Waals surface area contributed by atoms with E-state index in [4.69, 9.17) is 29.4 Å². The predicted octanol–water partition coefficient (Wildman–Crippen LogP) is 14.0. The molecule has 0 heterocycles. The van der Waals surface area contributed by atoms with Crippen LogP contribution in [0.3, 0.4) is 0 Å². The van der Waals surface area contributed by atoms with Crippen molar-refractivity contribution in [2.24, 2.45) is 5.73 Å². The first kappa shape index (κ1) is 58.7. The van der Waals surface area contributed by atoms with Crippen LogP contribution in [0.1, 0.15) is 206 Å². The van der Waals surface area contributed by atoms with E-state index in [-0.39, 0.29) is 13.0 Å². The summed E-state index contributed by atoms with van der Waals surface area (Å²) in [4.78, 5) is 33.6. The molecule has 0 rings (SSSR count). The second-order valence-corrected chi connectivity index (χ2v) is 17.7. The molecule has 0 aromatic heterocycles. The summed E-state index contributed by atoms with van der Waals surface area (Å²) in [6.45, 7) is 3.74. The quantitative estimate of drug-likeness (QED) is 0.0233. The molecule has 0 aliphatic rings. The Morgan fingerprint density at radius 2 is 0.951 bits per heavy atom. The number of hydrogen-bond donors (Lipinski definition) is 3. The number of phosphoric ester groups is 1. The Balaban J connectivity index is 4.17. The van der Waals surface area contributed by atoms with Crippen LogP contribution in [0, 0.1) is 0 Å². The monoisotopic (exact) mass is 880 g/mol. The van der Waals surface area contributed by atoms with Gasteiger partial charge in [-0.1, -0.05) is 184 Å². The van der Waals surface area contributed by atoms with Gasteiger partial charge in [0, 0.05) is 13.0 Å². The number of esters is 1. The third-order valence-electron chi connectivity index (χ3n) is 10.3. The lowest BCUT2D eigenvalue weighted by molar-refractivity contribution is -0.154. The molecule has 0 saturated heterocycles. The zero-order valence-corrected chi connectivity index (χ0v) is 39.6. The lowest BCUT2D eigenvalue weighted by atomic mass is 10.0. The maximum Gasteiger partial charge on any atom is 0.472 e. The highest BCUT2D eigenvalue weighted by Gasteiger charge is 2.27. The van der Waals surface area contributed by atoms with Gasteiger partial charge in [-0.25, -0.2) is 4.57 Å². The van der Waals surface area contributed by atoms with Crippen molar-refractivity contribution < 1.29 is 42.7 Å². The van der Waals surface area contributed by atoms with Crippen LogP contribution in [-0.4, -0.2) is 60.5 Å². The molecule has 3 unspecified atom stereocenters. The van der Waals surface area contributed by atoms with Crippen molar-refractivity contribution >= 4 is 19.8 Å². The highest BCUT2D eigenvalue weighted by atomic mass is 31.2. The predicted molar refractivity (Wildman–Crippen MR) is 254 cm³/mol. The van der Waals surface area contributed by atoms with Crippen LogP contribution < -0.4 is 5.73 Å². The number of carboxylic acids is 1. The van der Waals surface area contributed by atoms with E-state index in [0.717, 1.165) is 70.6 Å². The van der Waals surface area contributed by atoms with Crippen molar-refractivity contribution in [3.63, 3.8) is 0 Å². The Morgan fingerprint density at radius 1 is 0.541 bits per heavy atom. The first-order valence-electron chi connectivity index (χ1n) is 24.3. The van der Waals surface area contributed by atoms with Gasteiger partial charge in [0.25, 0.3) is 0 Å². The Labute approximate surface area is 372 Å². The number of unbranched alkanes of at least 4 members (excludes halogenated alkanes) is 22. The molecule has 0 amide bonds. The minimum absolute atomic E-state index is 0.00556. The Kier molecular flexibility index (Phi) is 43.9. The fourth-order valence-corrected chi connectivity index (χ4v) is 7.31. The van der Waals surface area contributed by atoms with Crippen LogP contribution in [-0.2, 0) is 32.7 Å². The first-order chi connectivity index (χ1) is 29.7. The molecular formula is C50H90NO9P. The fourth-order valence-electron chi connectivity index (χ4n) is 6.53. The summed E-state index contributed by atoms with van der Waals surface area (Å²) in [6, 6.07) is -1.48. The minimum Gasteiger partial charge on any atom is -0.480 e. The first-order valence-corrected chi connectivity index (χ1v) is 25.8. The standard InChI is InChI=1S/C50H90NO9P/c1-3-5-7-9-11-13-15-17-19-21-22-23-24-25-26-27-28-30-32-34-36-38-40-42-49(52)60-47(45-58-61(55,56)59-46-48(51)50(53)54)44-57-43-41-39-37-35-33-31-29-20-18-16-14-12-10-8-6-4-2/h6,8,12,14-15,17-18,20-22,47-48H,3-5,7,9-11,13,16,19,23-46,51H2,1-2H3,(H,53,54)(H,55,56)/b8-6-,14-12-,17-15-,20-18-,22-21-. The van der Waals surface area contributed by atoms with Crippen molar-refractivity contribution in [1.29, 1.82) is 0 Å². The molecule has 0 aliphatic heterocycles. The van der Waals surface area contributed by atoms with Crippen LogP contribution in [0.2, 0.25) is 0 Å². The molecule has 3 atom stereocenters. The number of aliphatic carboxylic acids is 1. The van der Waals surface area contributed by atoms with Crippen molar-refractivity contribution in [1.82, 2.24) is 0 Å². The highest BCUT2D eigenvalue weighted by Crippen LogP contribution is 2.43. The van der Waals surface area contributed by atoms with Crippen molar-refractivity contribution in [3.8, 4) is 0 Å². The maximum absolute atomic E-state index is 12.7. The zero-order valence-electron chi connectivity index (χ0n) is 38.7. The molecule has 0 fully saturated rings. The summed E-state index contributed by atoms with van der Waals surface area (Å²) < 4.78 is 33.4. The van der Waals surface area contributed by atoms with Crippen molar-refractivity contribution in [2.75, 3.05) is 26.4 Å². The molecule has 10 nitrogen and oxygen atoms in total. The van der Waals surface area contributed by atoms with Gasteiger partial charge in [-0.15, -0.1) is 0 Å². The van der Waals surface area contributed by atoms with Crippen LogP contribution in [0.4, 0.5) is 0 Å². The normalized spacial score (nSPS) is 14.3. The highest BCUT2D eigenvalue weighted by molar-refractivity contribution is 7.47. The molecule has 0 spiro atoms. The Bertz CT molecular complexity index is 1200. The van der Waals surface area contributed by atoms with Gasteiger partial charge in [0.1, 0.15) is 12.1 Å². The second-order valence-electron chi connectivity index (χ2n) is 16.2. The van der Waals surface area contributed by atoms with Crippen LogP contribution in [0.25, 0.3) is 0 Å². The van der Waals surface area contributed by atoms with Gasteiger partial charge < -0.3 is 25.2 Å². The lowest BCUT2D eigenvalue weighted by Gasteiger charge is -2.20. The SMILES string of the molecule is CC/C=C\C/C=C\C/C=C\CCCCCCCCOCC(COP(=O)(O)OCC(N)C(=O)O)OC(=O)CCCCCCCCCCCCC/C=C\C/C=C\CCCCCCC. The van der Waals surface area contributed by atoms with Crippen molar-refractivity contribution in [2.45, 2.75) is 219 Å². The molecule has 0 saturated carbocycles. The van der Waals surface area contributed by atoms with Crippen LogP contribution in [0.15, 0.2) is 60.8 Å². The molecule has 0 aromatic rings. The van der Waals surface area contributed by atoms with Gasteiger partial charge in [0.15, 0.2) is 0 Å². The summed E-state index contributed by atoms with van der Waals surface area (Å²) in [5.41, 5.74) is 5.37. The number of phosphoric acid groups is 1. The molecule has 0 bridgehead atoms. The molecule has 11 heteroatoms. The van der Waals surface area contributed by atoms with Gasteiger partial charge >= 0.3 is 19.8 Å². The van der Waals surface area contributed by atoms with E-state index in [2.05, 4.69) is 74.6 Å². The van der Waals surface area contributed by atoms with E-state index < -0.39 is 45.1 Å². The summed E-state index contributed by atoms with van der Waals surface area (Å²) in [5, 5.41) is 8.92. The number of allylic oxidation sites excluding steroid dienone is 10. The number of carboxylic acid groups (broad SMARTS) is 1. The second kappa shape index (κ2) is 45.7. The van der Waals surface area contributed by atoms with E-state index in [1.165, 1.54) is 109 Å². The number of rotatable bonds is 46. The summed E-state index contributed by atoms with van der Waals surface area (Å²) in [6.07, 6.45) is 55.6. The minimum atomic E-state index is -4.63. The molecule has 0 radical (unpaired) electrons. The number of nitrogens with two attached hydrogens (primary N) is 1. The lowest BCUT2D eigenvalue weighted by Crippen LogP contribution is -2.34. The van der Waals surface area contributed by atoms with E-state index in [9.17, 15) is 19.0 Å². The Hall–Kier alpha value is -2.33. The van der Waals surface area contributed by atoms with Gasteiger partial charge in [0.05, 0.1) is 19.8 Å². The van der Waals surface area contributed by atoms with Gasteiger partial charge in [-0.3, -0.25) is 18.6 Å². The molecule has 61 heavy (non-hydrogen) atoms. The van der Waals surface area contributed by atoms with Gasteiger partial charge in [-0.05, 0) is 77.0 Å².